The van der Waals surface area contributed by atoms with E-state index in [0.29, 0.717) is 16.9 Å². The van der Waals surface area contributed by atoms with Crippen molar-refractivity contribution in [2.24, 2.45) is 4.99 Å². The summed E-state index contributed by atoms with van der Waals surface area (Å²) in [4.78, 5) is 30.7. The molecule has 3 heterocycles. The Balaban J connectivity index is 1.41. The molecule has 1 aromatic rings. The zero-order valence-corrected chi connectivity index (χ0v) is 15.5. The normalized spacial score (nSPS) is 25.3. The molecule has 2 amide bonds. The van der Waals surface area contributed by atoms with Gasteiger partial charge in [-0.3, -0.25) is 9.59 Å². The quantitative estimate of drug-likeness (QED) is 0.879. The van der Waals surface area contributed by atoms with Gasteiger partial charge in [-0.2, -0.15) is 4.99 Å². The van der Waals surface area contributed by atoms with Crippen LogP contribution in [-0.2, 0) is 9.59 Å². The van der Waals surface area contributed by atoms with E-state index >= 15 is 0 Å². The summed E-state index contributed by atoms with van der Waals surface area (Å²) >= 11 is 1.44. The summed E-state index contributed by atoms with van der Waals surface area (Å²) in [5, 5.41) is 12.7. The summed E-state index contributed by atoms with van der Waals surface area (Å²) in [5.41, 5.74) is -1.00. The van der Waals surface area contributed by atoms with E-state index in [4.69, 9.17) is 0 Å². The SMILES string of the molecule is C[C@@]1(CC(=O)Nc2nnc(C3CCCCC3)s2)C(=O)N=C2C=CC=CN21. The molecule has 1 saturated carbocycles. The molecule has 4 rings (SSSR count). The number of fused-ring (bicyclic) bond motifs is 1. The minimum Gasteiger partial charge on any atom is -0.317 e. The van der Waals surface area contributed by atoms with E-state index in [-0.39, 0.29) is 18.2 Å². The first-order valence-electron chi connectivity index (χ1n) is 8.97. The number of hydrogen-bond donors (Lipinski definition) is 1. The van der Waals surface area contributed by atoms with Crippen molar-refractivity contribution in [1.82, 2.24) is 15.1 Å². The van der Waals surface area contributed by atoms with Gasteiger partial charge in [0.05, 0.1) is 6.42 Å². The molecule has 7 nitrogen and oxygen atoms in total. The largest absolute Gasteiger partial charge is 0.317 e. The molecular weight excluding hydrogens is 350 g/mol. The van der Waals surface area contributed by atoms with Crippen molar-refractivity contribution < 1.29 is 9.59 Å². The number of amidine groups is 1. The molecule has 0 radical (unpaired) electrons. The number of anilines is 1. The lowest BCUT2D eigenvalue weighted by atomic mass is 9.90. The summed E-state index contributed by atoms with van der Waals surface area (Å²) in [6, 6.07) is 0. The van der Waals surface area contributed by atoms with E-state index in [9.17, 15) is 9.59 Å². The highest BCUT2D eigenvalue weighted by Crippen LogP contribution is 2.35. The smallest absolute Gasteiger partial charge is 0.274 e. The minimum atomic E-state index is -1.00. The van der Waals surface area contributed by atoms with Crippen LogP contribution >= 0.6 is 11.3 Å². The Morgan fingerprint density at radius 1 is 1.31 bits per heavy atom. The molecule has 0 saturated heterocycles. The van der Waals surface area contributed by atoms with Crippen LogP contribution in [0.5, 0.6) is 0 Å². The van der Waals surface area contributed by atoms with Gasteiger partial charge in [0.15, 0.2) is 0 Å². The fraction of sp³-hybridized carbons (Fsp3) is 0.500. The van der Waals surface area contributed by atoms with Crippen LogP contribution < -0.4 is 5.32 Å². The van der Waals surface area contributed by atoms with Crippen LogP contribution in [0.15, 0.2) is 29.4 Å². The Kier molecular flexibility index (Phi) is 4.44. The number of rotatable bonds is 4. The summed E-state index contributed by atoms with van der Waals surface area (Å²) in [7, 11) is 0. The Hall–Kier alpha value is -2.35. The van der Waals surface area contributed by atoms with Gasteiger partial charge in [-0.1, -0.05) is 36.7 Å². The monoisotopic (exact) mass is 371 g/mol. The predicted octanol–water partition coefficient (Wildman–Crippen LogP) is 3.00. The number of amides is 2. The second kappa shape index (κ2) is 6.75. The molecule has 8 heteroatoms. The molecule has 136 valence electrons. The number of carbonyl (C=O) groups excluding carboxylic acids is 2. The van der Waals surface area contributed by atoms with Crippen LogP contribution in [0.1, 0.15) is 56.4 Å². The van der Waals surface area contributed by atoms with Crippen molar-refractivity contribution in [2.45, 2.75) is 56.9 Å². The van der Waals surface area contributed by atoms with Crippen LogP contribution in [0.2, 0.25) is 0 Å². The van der Waals surface area contributed by atoms with Crippen LogP contribution in [0.3, 0.4) is 0 Å². The van der Waals surface area contributed by atoms with Crippen molar-refractivity contribution in [3.63, 3.8) is 0 Å². The van der Waals surface area contributed by atoms with Gasteiger partial charge in [0.25, 0.3) is 5.91 Å². The van der Waals surface area contributed by atoms with Gasteiger partial charge in [-0.15, -0.1) is 10.2 Å². The highest BCUT2D eigenvalue weighted by molar-refractivity contribution is 7.15. The van der Waals surface area contributed by atoms with Gasteiger partial charge < -0.3 is 10.2 Å². The molecule has 0 bridgehead atoms. The fourth-order valence-corrected chi connectivity index (χ4v) is 4.64. The molecule has 3 aliphatic rings. The standard InChI is InChI=1S/C18H21N5O2S/c1-18(16(25)19-13-9-5-6-10-23(13)18)11-14(24)20-17-22-21-15(26-17)12-7-3-2-4-8-12/h5-6,9-10,12H,2-4,7-8,11H2,1H3,(H,20,22,24)/t18-/m1/s1. The van der Waals surface area contributed by atoms with Gasteiger partial charge in [0.2, 0.25) is 11.0 Å². The maximum absolute atomic E-state index is 12.5. The molecule has 1 atom stereocenters. The van der Waals surface area contributed by atoms with Crippen molar-refractivity contribution in [3.8, 4) is 0 Å². The number of nitrogens with one attached hydrogen (secondary N) is 1. The van der Waals surface area contributed by atoms with Crippen LogP contribution in [-0.4, -0.2) is 38.3 Å². The first kappa shape index (κ1) is 17.1. The van der Waals surface area contributed by atoms with Crippen LogP contribution in [0, 0.1) is 0 Å². The summed E-state index contributed by atoms with van der Waals surface area (Å²) in [6.07, 6.45) is 13.2. The molecule has 0 aromatic carbocycles. The molecular formula is C18H21N5O2S. The van der Waals surface area contributed by atoms with E-state index in [1.807, 2.05) is 12.2 Å². The second-order valence-electron chi connectivity index (χ2n) is 7.12. The molecule has 1 fully saturated rings. The third-order valence-corrected chi connectivity index (χ3v) is 6.19. The Labute approximate surface area is 155 Å². The van der Waals surface area contributed by atoms with Gasteiger partial charge >= 0.3 is 0 Å². The maximum Gasteiger partial charge on any atom is 0.274 e. The van der Waals surface area contributed by atoms with Gasteiger partial charge in [-0.05, 0) is 31.9 Å². The lowest BCUT2D eigenvalue weighted by molar-refractivity contribution is -0.128. The average molecular weight is 371 g/mol. The first-order chi connectivity index (χ1) is 12.6. The Bertz CT molecular complexity index is 821. The lowest BCUT2D eigenvalue weighted by Crippen LogP contribution is -2.48. The fourth-order valence-electron chi connectivity index (χ4n) is 3.71. The van der Waals surface area contributed by atoms with Crippen molar-refractivity contribution >= 4 is 34.1 Å². The molecule has 0 spiro atoms. The van der Waals surface area contributed by atoms with E-state index < -0.39 is 5.54 Å². The third kappa shape index (κ3) is 3.09. The number of carbonyl (C=O) groups is 2. The third-order valence-electron chi connectivity index (χ3n) is 5.19. The zero-order valence-electron chi connectivity index (χ0n) is 14.6. The number of aliphatic imine (C=N–C) groups is 1. The minimum absolute atomic E-state index is 0.00928. The van der Waals surface area contributed by atoms with Crippen LogP contribution in [0.4, 0.5) is 5.13 Å². The topological polar surface area (TPSA) is 87.5 Å². The lowest BCUT2D eigenvalue weighted by Gasteiger charge is -2.32. The van der Waals surface area contributed by atoms with E-state index in [2.05, 4.69) is 20.5 Å². The van der Waals surface area contributed by atoms with Gasteiger partial charge in [0, 0.05) is 12.1 Å². The van der Waals surface area contributed by atoms with Gasteiger partial charge in [0.1, 0.15) is 16.4 Å². The molecule has 1 aromatic heterocycles. The Morgan fingerprint density at radius 2 is 2.12 bits per heavy atom. The molecule has 2 aliphatic heterocycles. The maximum atomic E-state index is 12.5. The van der Waals surface area contributed by atoms with E-state index in [0.717, 1.165) is 17.8 Å². The predicted molar refractivity (Wildman–Crippen MR) is 99.9 cm³/mol. The first-order valence-corrected chi connectivity index (χ1v) is 9.78. The molecule has 26 heavy (non-hydrogen) atoms. The number of allylic oxidation sites excluding steroid dienone is 2. The number of hydrogen-bond acceptors (Lipinski definition) is 6. The van der Waals surface area contributed by atoms with Crippen molar-refractivity contribution in [2.75, 3.05) is 5.32 Å². The molecule has 1 N–H and O–H groups in total. The summed E-state index contributed by atoms with van der Waals surface area (Å²) in [5.74, 6) is 0.468. The number of aromatic nitrogens is 2. The van der Waals surface area contributed by atoms with E-state index in [1.54, 1.807) is 24.1 Å². The zero-order chi connectivity index (χ0) is 18.1. The van der Waals surface area contributed by atoms with E-state index in [1.165, 1.54) is 30.6 Å². The second-order valence-corrected chi connectivity index (χ2v) is 8.13. The average Bonchev–Trinajstić information content (AvgIpc) is 3.19. The molecule has 0 unspecified atom stereocenters. The van der Waals surface area contributed by atoms with Crippen molar-refractivity contribution in [3.05, 3.63) is 29.4 Å². The molecule has 1 aliphatic carbocycles. The van der Waals surface area contributed by atoms with Crippen molar-refractivity contribution in [1.29, 1.82) is 0 Å². The highest BCUT2D eigenvalue weighted by atomic mass is 32.1. The van der Waals surface area contributed by atoms with Crippen LogP contribution in [0.25, 0.3) is 0 Å². The summed E-state index contributed by atoms with van der Waals surface area (Å²) < 4.78 is 0. The Morgan fingerprint density at radius 3 is 2.92 bits per heavy atom. The van der Waals surface area contributed by atoms with Gasteiger partial charge in [-0.25, -0.2) is 0 Å². The highest BCUT2D eigenvalue weighted by Gasteiger charge is 2.46. The summed E-state index contributed by atoms with van der Waals surface area (Å²) in [6.45, 7) is 1.74. The number of nitrogens with zero attached hydrogens (tertiary/aromatic N) is 4.